The topological polar surface area (TPSA) is 22.1 Å². The molecule has 0 bridgehead atoms. The van der Waals surface area contributed by atoms with Gasteiger partial charge in [-0.3, -0.25) is 4.98 Å². The van der Waals surface area contributed by atoms with Gasteiger partial charge >= 0.3 is 0 Å². The fraction of sp³-hybridized carbons (Fsp3) is 0.577. The molecule has 2 heteroatoms. The van der Waals surface area contributed by atoms with Crippen LogP contribution in [-0.4, -0.2) is 11.6 Å². The van der Waals surface area contributed by atoms with Crippen LogP contribution in [0.2, 0.25) is 0 Å². The highest BCUT2D eigenvalue weighted by Crippen LogP contribution is 2.28. The summed E-state index contributed by atoms with van der Waals surface area (Å²) in [5.41, 5.74) is 2.75. The Balaban J connectivity index is 1.83. The molecule has 0 amide bonds. The largest absolute Gasteiger partial charge is 0.494 e. The molecule has 0 aliphatic rings. The van der Waals surface area contributed by atoms with Crippen molar-refractivity contribution >= 4 is 0 Å². The predicted octanol–water partition coefficient (Wildman–Crippen LogP) is 7.73. The van der Waals surface area contributed by atoms with E-state index in [4.69, 9.17) is 4.74 Å². The van der Waals surface area contributed by atoms with Crippen molar-refractivity contribution in [2.45, 2.75) is 90.4 Å². The van der Waals surface area contributed by atoms with Gasteiger partial charge in [0.25, 0.3) is 0 Å². The minimum atomic E-state index is 0.559. The van der Waals surface area contributed by atoms with Crippen LogP contribution < -0.4 is 4.74 Å². The first-order chi connectivity index (χ1) is 13.8. The zero-order valence-electron chi connectivity index (χ0n) is 18.0. The van der Waals surface area contributed by atoms with Crippen molar-refractivity contribution in [3.05, 3.63) is 59.9 Å². The molecule has 0 aliphatic carbocycles. The molecule has 0 radical (unpaired) electrons. The Hall–Kier alpha value is -1.83. The molecule has 154 valence electrons. The number of hydrogen-bond acceptors (Lipinski definition) is 2. The Morgan fingerprint density at radius 2 is 1.54 bits per heavy atom. The van der Waals surface area contributed by atoms with Crippen molar-refractivity contribution < 1.29 is 4.74 Å². The molecule has 2 nitrogen and oxygen atoms in total. The average Bonchev–Trinajstić information content (AvgIpc) is 2.74. The zero-order chi connectivity index (χ0) is 19.9. The Morgan fingerprint density at radius 1 is 0.821 bits per heavy atom. The SMILES string of the molecule is CCCCCCCCOc1ccc(C(CCCCC)Cc2cccnc2)cc1. The van der Waals surface area contributed by atoms with Crippen LogP contribution in [0.5, 0.6) is 5.75 Å². The highest BCUT2D eigenvalue weighted by Gasteiger charge is 2.13. The van der Waals surface area contributed by atoms with Crippen LogP contribution in [0.1, 0.15) is 95.1 Å². The molecule has 1 atom stereocenters. The van der Waals surface area contributed by atoms with Gasteiger partial charge in [-0.25, -0.2) is 0 Å². The minimum Gasteiger partial charge on any atom is -0.494 e. The second-order valence-corrected chi connectivity index (χ2v) is 7.94. The van der Waals surface area contributed by atoms with Crippen molar-refractivity contribution in [3.8, 4) is 5.75 Å². The lowest BCUT2D eigenvalue weighted by Crippen LogP contribution is -2.04. The minimum absolute atomic E-state index is 0.559. The molecule has 2 rings (SSSR count). The molecule has 1 aromatic carbocycles. The van der Waals surface area contributed by atoms with E-state index >= 15 is 0 Å². The summed E-state index contributed by atoms with van der Waals surface area (Å²) in [6.45, 7) is 5.37. The summed E-state index contributed by atoms with van der Waals surface area (Å²) < 4.78 is 5.95. The molecule has 0 fully saturated rings. The molecule has 0 aliphatic heterocycles. The van der Waals surface area contributed by atoms with Gasteiger partial charge in [0.15, 0.2) is 0 Å². The molecule has 1 heterocycles. The highest BCUT2D eigenvalue weighted by atomic mass is 16.5. The molecule has 0 saturated heterocycles. The van der Waals surface area contributed by atoms with E-state index in [9.17, 15) is 0 Å². The molecule has 0 saturated carbocycles. The summed E-state index contributed by atoms with van der Waals surface area (Å²) in [5, 5.41) is 0. The van der Waals surface area contributed by atoms with Gasteiger partial charge in [-0.2, -0.15) is 0 Å². The van der Waals surface area contributed by atoms with E-state index in [1.54, 1.807) is 0 Å². The Kier molecular flexibility index (Phi) is 11.4. The molecule has 0 spiro atoms. The average molecular weight is 382 g/mol. The van der Waals surface area contributed by atoms with Crippen LogP contribution in [-0.2, 0) is 6.42 Å². The van der Waals surface area contributed by atoms with Crippen LogP contribution >= 0.6 is 0 Å². The van der Waals surface area contributed by atoms with E-state index in [0.717, 1.165) is 25.2 Å². The van der Waals surface area contributed by atoms with Crippen LogP contribution in [0.15, 0.2) is 48.8 Å². The van der Waals surface area contributed by atoms with Crippen molar-refractivity contribution in [1.82, 2.24) is 4.98 Å². The number of benzene rings is 1. The first-order valence-corrected chi connectivity index (χ1v) is 11.4. The fourth-order valence-electron chi connectivity index (χ4n) is 3.74. The maximum absolute atomic E-state index is 5.95. The summed E-state index contributed by atoms with van der Waals surface area (Å²) in [7, 11) is 0. The Bertz CT molecular complexity index is 608. The van der Waals surface area contributed by atoms with Gasteiger partial charge in [0.05, 0.1) is 6.61 Å². The summed E-state index contributed by atoms with van der Waals surface area (Å²) in [6, 6.07) is 13.1. The Morgan fingerprint density at radius 3 is 2.25 bits per heavy atom. The summed E-state index contributed by atoms with van der Waals surface area (Å²) >= 11 is 0. The molecular weight excluding hydrogens is 342 g/mol. The lowest BCUT2D eigenvalue weighted by molar-refractivity contribution is 0.304. The number of unbranched alkanes of at least 4 members (excludes halogenated alkanes) is 7. The number of aromatic nitrogens is 1. The van der Waals surface area contributed by atoms with Gasteiger partial charge in [0, 0.05) is 12.4 Å². The number of ether oxygens (including phenoxy) is 1. The second kappa shape index (κ2) is 14.2. The van der Waals surface area contributed by atoms with Gasteiger partial charge in [0.2, 0.25) is 0 Å². The van der Waals surface area contributed by atoms with Crippen molar-refractivity contribution in [1.29, 1.82) is 0 Å². The van der Waals surface area contributed by atoms with Gasteiger partial charge < -0.3 is 4.74 Å². The number of hydrogen-bond donors (Lipinski definition) is 0. The zero-order valence-corrected chi connectivity index (χ0v) is 18.0. The van der Waals surface area contributed by atoms with Crippen molar-refractivity contribution in [2.24, 2.45) is 0 Å². The van der Waals surface area contributed by atoms with E-state index in [1.807, 2.05) is 18.5 Å². The molecular formula is C26H39NO. The van der Waals surface area contributed by atoms with Gasteiger partial charge in [-0.15, -0.1) is 0 Å². The molecule has 0 N–H and O–H groups in total. The van der Waals surface area contributed by atoms with Crippen LogP contribution in [0.3, 0.4) is 0 Å². The van der Waals surface area contributed by atoms with Crippen LogP contribution in [0.25, 0.3) is 0 Å². The van der Waals surface area contributed by atoms with E-state index < -0.39 is 0 Å². The second-order valence-electron chi connectivity index (χ2n) is 7.94. The highest BCUT2D eigenvalue weighted by molar-refractivity contribution is 5.30. The molecule has 1 unspecified atom stereocenters. The third-order valence-corrected chi connectivity index (χ3v) is 5.48. The van der Waals surface area contributed by atoms with E-state index in [2.05, 4.69) is 49.2 Å². The van der Waals surface area contributed by atoms with Crippen molar-refractivity contribution in [3.63, 3.8) is 0 Å². The van der Waals surface area contributed by atoms with Crippen molar-refractivity contribution in [2.75, 3.05) is 6.61 Å². The normalized spacial score (nSPS) is 12.1. The quantitative estimate of drug-likeness (QED) is 0.294. The van der Waals surface area contributed by atoms with Gasteiger partial charge in [-0.05, 0) is 54.5 Å². The number of nitrogens with zero attached hydrogens (tertiary/aromatic N) is 1. The van der Waals surface area contributed by atoms with Gasteiger partial charge in [-0.1, -0.05) is 83.4 Å². The molecule has 1 aromatic heterocycles. The third-order valence-electron chi connectivity index (χ3n) is 5.48. The molecule has 28 heavy (non-hydrogen) atoms. The predicted molar refractivity (Wildman–Crippen MR) is 120 cm³/mol. The van der Waals surface area contributed by atoms with E-state index in [0.29, 0.717) is 5.92 Å². The molecule has 2 aromatic rings. The summed E-state index contributed by atoms with van der Waals surface area (Å²) in [6.07, 6.45) is 17.8. The smallest absolute Gasteiger partial charge is 0.119 e. The van der Waals surface area contributed by atoms with Crippen LogP contribution in [0.4, 0.5) is 0 Å². The standard InChI is InChI=1S/C26H39NO/c1-3-5-7-8-9-11-20-28-26-17-15-24(16-18-26)25(14-10-6-4-2)21-23-13-12-19-27-22-23/h12-13,15-19,22,25H,3-11,14,20-21H2,1-2H3. The lowest BCUT2D eigenvalue weighted by Gasteiger charge is -2.18. The van der Waals surface area contributed by atoms with Crippen LogP contribution in [0, 0.1) is 0 Å². The maximum atomic E-state index is 5.95. The number of rotatable bonds is 15. The van der Waals surface area contributed by atoms with Gasteiger partial charge in [0.1, 0.15) is 5.75 Å². The Labute approximate surface area is 172 Å². The first kappa shape index (κ1) is 22.5. The summed E-state index contributed by atoms with van der Waals surface area (Å²) in [4.78, 5) is 4.29. The summed E-state index contributed by atoms with van der Waals surface area (Å²) in [5.74, 6) is 1.56. The van der Waals surface area contributed by atoms with E-state index in [-0.39, 0.29) is 0 Å². The fourth-order valence-corrected chi connectivity index (χ4v) is 3.74. The lowest BCUT2D eigenvalue weighted by atomic mass is 9.88. The maximum Gasteiger partial charge on any atom is 0.119 e. The number of pyridine rings is 1. The first-order valence-electron chi connectivity index (χ1n) is 11.4. The third kappa shape index (κ3) is 8.91. The monoisotopic (exact) mass is 381 g/mol. The van der Waals surface area contributed by atoms with E-state index in [1.165, 1.54) is 68.9 Å².